The zero-order valence-corrected chi connectivity index (χ0v) is 15.5. The zero-order valence-electron chi connectivity index (χ0n) is 14.7. The van der Waals surface area contributed by atoms with Crippen molar-refractivity contribution < 1.29 is 18.3 Å². The van der Waals surface area contributed by atoms with Gasteiger partial charge in [-0.15, -0.1) is 21.5 Å². The molecule has 4 aromatic rings. The van der Waals surface area contributed by atoms with Gasteiger partial charge < -0.3 is 9.15 Å². The number of aromatic nitrogens is 3. The van der Waals surface area contributed by atoms with Gasteiger partial charge in [-0.1, -0.05) is 30.3 Å². The van der Waals surface area contributed by atoms with E-state index in [0.717, 1.165) is 10.6 Å². The molecule has 28 heavy (non-hydrogen) atoms. The summed E-state index contributed by atoms with van der Waals surface area (Å²) in [6.45, 7) is 1.63. The molecule has 0 saturated carbocycles. The van der Waals surface area contributed by atoms with Crippen LogP contribution in [0.25, 0.3) is 22.0 Å². The molecule has 0 saturated heterocycles. The maximum absolute atomic E-state index is 13.0. The maximum Gasteiger partial charge on any atom is 0.358 e. The van der Waals surface area contributed by atoms with Gasteiger partial charge >= 0.3 is 5.97 Å². The number of esters is 1. The van der Waals surface area contributed by atoms with E-state index in [-0.39, 0.29) is 23.3 Å². The van der Waals surface area contributed by atoms with Crippen LogP contribution in [0, 0.1) is 5.82 Å². The smallest absolute Gasteiger partial charge is 0.358 e. The molecule has 0 radical (unpaired) electrons. The Kier molecular flexibility index (Phi) is 4.94. The summed E-state index contributed by atoms with van der Waals surface area (Å²) in [4.78, 5) is 16.7. The lowest BCUT2D eigenvalue weighted by Crippen LogP contribution is -2.10. The van der Waals surface area contributed by atoms with Crippen LogP contribution in [0.5, 0.6) is 0 Å². The van der Waals surface area contributed by atoms with Crippen LogP contribution >= 0.6 is 11.3 Å². The highest BCUT2D eigenvalue weighted by atomic mass is 32.1. The Morgan fingerprint density at radius 2 is 1.82 bits per heavy atom. The fourth-order valence-electron chi connectivity index (χ4n) is 2.46. The Morgan fingerprint density at radius 1 is 1.07 bits per heavy atom. The molecule has 1 atom stereocenters. The average molecular weight is 395 g/mol. The number of hydrogen-bond acceptors (Lipinski definition) is 7. The van der Waals surface area contributed by atoms with E-state index in [1.165, 1.54) is 35.6 Å². The predicted molar refractivity (Wildman–Crippen MR) is 101 cm³/mol. The van der Waals surface area contributed by atoms with Crippen molar-refractivity contribution >= 4 is 17.3 Å². The van der Waals surface area contributed by atoms with Crippen molar-refractivity contribution in [2.24, 2.45) is 0 Å². The van der Waals surface area contributed by atoms with Gasteiger partial charge in [0.15, 0.2) is 11.8 Å². The molecule has 0 aliphatic heterocycles. The first kappa shape index (κ1) is 18.0. The van der Waals surface area contributed by atoms with Gasteiger partial charge in [0.2, 0.25) is 5.89 Å². The van der Waals surface area contributed by atoms with Gasteiger partial charge in [0.05, 0.1) is 0 Å². The number of hydrogen-bond donors (Lipinski definition) is 0. The third kappa shape index (κ3) is 3.81. The number of rotatable bonds is 5. The van der Waals surface area contributed by atoms with Gasteiger partial charge in [-0.2, -0.15) is 0 Å². The summed E-state index contributed by atoms with van der Waals surface area (Å²) in [6, 6.07) is 15.2. The molecular weight excluding hydrogens is 381 g/mol. The Morgan fingerprint density at radius 3 is 2.57 bits per heavy atom. The van der Waals surface area contributed by atoms with Crippen molar-refractivity contribution in [2.75, 3.05) is 0 Å². The zero-order chi connectivity index (χ0) is 19.5. The second-order valence-corrected chi connectivity index (χ2v) is 6.76. The minimum Gasteiger partial charge on any atom is -0.448 e. The number of halogens is 1. The molecule has 0 bridgehead atoms. The van der Waals surface area contributed by atoms with Crippen molar-refractivity contribution in [1.29, 1.82) is 0 Å². The molecule has 4 rings (SSSR count). The lowest BCUT2D eigenvalue weighted by molar-refractivity contribution is 0.0274. The summed E-state index contributed by atoms with van der Waals surface area (Å²) in [6.07, 6.45) is -0.754. The maximum atomic E-state index is 13.0. The minimum absolute atomic E-state index is 0.145. The topological polar surface area (TPSA) is 78.1 Å². The first-order valence-corrected chi connectivity index (χ1v) is 9.29. The van der Waals surface area contributed by atoms with Gasteiger partial charge in [-0.05, 0) is 31.2 Å². The quantitative estimate of drug-likeness (QED) is 0.447. The third-order valence-electron chi connectivity index (χ3n) is 3.90. The van der Waals surface area contributed by atoms with Crippen LogP contribution < -0.4 is 0 Å². The molecule has 0 N–H and O–H groups in total. The van der Waals surface area contributed by atoms with E-state index in [1.807, 2.05) is 30.3 Å². The van der Waals surface area contributed by atoms with E-state index in [9.17, 15) is 9.18 Å². The highest BCUT2D eigenvalue weighted by Gasteiger charge is 2.21. The van der Waals surface area contributed by atoms with E-state index in [4.69, 9.17) is 9.15 Å². The fourth-order valence-corrected chi connectivity index (χ4v) is 3.26. The third-order valence-corrected chi connectivity index (χ3v) is 4.79. The van der Waals surface area contributed by atoms with Crippen LogP contribution in [0.4, 0.5) is 4.39 Å². The van der Waals surface area contributed by atoms with Crippen LogP contribution in [0.2, 0.25) is 0 Å². The molecule has 0 aliphatic rings. The van der Waals surface area contributed by atoms with Crippen molar-refractivity contribution in [2.45, 2.75) is 13.0 Å². The molecule has 2 heterocycles. The molecule has 0 fully saturated rings. The Bertz CT molecular complexity index is 1090. The second-order valence-electron chi connectivity index (χ2n) is 5.90. The molecular formula is C20H14FN3O3S. The van der Waals surface area contributed by atoms with Crippen LogP contribution in [-0.2, 0) is 4.74 Å². The Balaban J connectivity index is 1.45. The van der Waals surface area contributed by atoms with Crippen LogP contribution in [0.3, 0.4) is 0 Å². The average Bonchev–Trinajstić information content (AvgIpc) is 3.39. The standard InChI is InChI=1S/C20H14FN3O3S/c1-12(17-23-24-18(27-17)13-7-9-15(21)10-8-13)26-20(25)16-11-28-19(22-16)14-5-3-2-4-6-14/h2-12H,1H3/t12-/m0/s1. The summed E-state index contributed by atoms with van der Waals surface area (Å²) >= 11 is 1.36. The first-order chi connectivity index (χ1) is 13.6. The molecule has 140 valence electrons. The predicted octanol–water partition coefficient (Wildman–Crippen LogP) is 4.92. The molecule has 2 aromatic carbocycles. The molecule has 8 heteroatoms. The van der Waals surface area contributed by atoms with Crippen LogP contribution in [0.1, 0.15) is 29.4 Å². The van der Waals surface area contributed by atoms with Gasteiger partial charge in [0, 0.05) is 16.5 Å². The number of carbonyl (C=O) groups excluding carboxylic acids is 1. The van der Waals surface area contributed by atoms with E-state index < -0.39 is 12.1 Å². The van der Waals surface area contributed by atoms with Crippen LogP contribution in [-0.4, -0.2) is 21.2 Å². The summed E-state index contributed by atoms with van der Waals surface area (Å²) in [5, 5.41) is 10.2. The minimum atomic E-state index is -0.754. The largest absolute Gasteiger partial charge is 0.448 e. The normalized spacial score (nSPS) is 11.9. The molecule has 0 spiro atoms. The van der Waals surface area contributed by atoms with Crippen LogP contribution in [0.15, 0.2) is 64.4 Å². The van der Waals surface area contributed by atoms with Gasteiger partial charge in [-0.3, -0.25) is 0 Å². The summed E-state index contributed by atoms with van der Waals surface area (Å²) < 4.78 is 24.0. The lowest BCUT2D eigenvalue weighted by Gasteiger charge is -2.07. The fraction of sp³-hybridized carbons (Fsp3) is 0.100. The van der Waals surface area contributed by atoms with Crippen molar-refractivity contribution in [3.8, 4) is 22.0 Å². The monoisotopic (exact) mass is 395 g/mol. The van der Waals surface area contributed by atoms with Gasteiger partial charge in [0.1, 0.15) is 10.8 Å². The Hall–Kier alpha value is -3.39. The number of carbonyl (C=O) groups is 1. The van der Waals surface area contributed by atoms with E-state index in [0.29, 0.717) is 5.56 Å². The first-order valence-electron chi connectivity index (χ1n) is 8.41. The van der Waals surface area contributed by atoms with Gasteiger partial charge in [0.25, 0.3) is 5.89 Å². The molecule has 0 unspecified atom stereocenters. The van der Waals surface area contributed by atoms with E-state index >= 15 is 0 Å². The summed E-state index contributed by atoms with van der Waals surface area (Å²) in [5.41, 5.74) is 1.72. The Labute approximate surface area is 163 Å². The van der Waals surface area contributed by atoms with Crippen molar-refractivity contribution in [3.05, 3.63) is 77.4 Å². The SMILES string of the molecule is C[C@H](OC(=O)c1csc(-c2ccccc2)n1)c1nnc(-c2ccc(F)cc2)o1. The van der Waals surface area contributed by atoms with Crippen molar-refractivity contribution in [1.82, 2.24) is 15.2 Å². The molecule has 2 aromatic heterocycles. The lowest BCUT2D eigenvalue weighted by atomic mass is 10.2. The second kappa shape index (κ2) is 7.69. The molecule has 6 nitrogen and oxygen atoms in total. The number of thiazole rings is 1. The van der Waals surface area contributed by atoms with E-state index in [2.05, 4.69) is 15.2 Å². The molecule has 0 amide bonds. The number of nitrogens with zero attached hydrogens (tertiary/aromatic N) is 3. The highest BCUT2D eigenvalue weighted by Crippen LogP contribution is 2.26. The van der Waals surface area contributed by atoms with E-state index in [1.54, 1.807) is 12.3 Å². The number of benzene rings is 2. The van der Waals surface area contributed by atoms with Crippen molar-refractivity contribution in [3.63, 3.8) is 0 Å². The summed E-state index contributed by atoms with van der Waals surface area (Å²) in [7, 11) is 0. The highest BCUT2D eigenvalue weighted by molar-refractivity contribution is 7.13. The number of ether oxygens (including phenoxy) is 1. The molecule has 0 aliphatic carbocycles. The summed E-state index contributed by atoms with van der Waals surface area (Å²) in [5.74, 6) is -0.569. The van der Waals surface area contributed by atoms with Gasteiger partial charge in [-0.25, -0.2) is 14.2 Å².